The van der Waals surface area contributed by atoms with Crippen LogP contribution >= 0.6 is 11.8 Å². The average molecular weight is 308 g/mol. The summed E-state index contributed by atoms with van der Waals surface area (Å²) >= 11 is 1.66. The van der Waals surface area contributed by atoms with Gasteiger partial charge in [-0.1, -0.05) is 12.5 Å². The highest BCUT2D eigenvalue weighted by atomic mass is 32.2. The van der Waals surface area contributed by atoms with Crippen molar-refractivity contribution in [1.29, 1.82) is 0 Å². The molecule has 0 aliphatic carbocycles. The van der Waals surface area contributed by atoms with E-state index in [0.29, 0.717) is 6.54 Å². The van der Waals surface area contributed by atoms with Crippen LogP contribution in [0.4, 0.5) is 5.69 Å². The van der Waals surface area contributed by atoms with E-state index >= 15 is 0 Å². The molecule has 2 unspecified atom stereocenters. The summed E-state index contributed by atoms with van der Waals surface area (Å²) in [7, 11) is 0. The minimum absolute atomic E-state index is 0.0131. The van der Waals surface area contributed by atoms with Crippen LogP contribution in [0.5, 0.6) is 0 Å². The highest BCUT2D eigenvalue weighted by Crippen LogP contribution is 2.21. The number of piperidine rings is 1. The fraction of sp³-hybridized carbons (Fsp3) is 0.562. The molecule has 21 heavy (non-hydrogen) atoms. The molecule has 4 nitrogen and oxygen atoms in total. The standard InChI is InChI=1S/C16H24N2O2S/c1-12(19)15-8-3-4-9-18(15)11-16(20)17-13-6-5-7-14(10-13)21-2/h5-7,10,12,15,19H,3-4,8-9,11H2,1-2H3,(H,17,20). The number of aliphatic hydroxyl groups excluding tert-OH is 1. The van der Waals surface area contributed by atoms with E-state index in [-0.39, 0.29) is 11.9 Å². The first kappa shape index (κ1) is 16.3. The molecule has 1 fully saturated rings. The Morgan fingerprint density at radius 3 is 3.05 bits per heavy atom. The van der Waals surface area contributed by atoms with Crippen molar-refractivity contribution in [1.82, 2.24) is 4.90 Å². The van der Waals surface area contributed by atoms with Crippen molar-refractivity contribution in [3.8, 4) is 0 Å². The Hall–Kier alpha value is -1.04. The van der Waals surface area contributed by atoms with Crippen LogP contribution in [-0.2, 0) is 4.79 Å². The fourth-order valence-electron chi connectivity index (χ4n) is 2.85. The van der Waals surface area contributed by atoms with Crippen molar-refractivity contribution in [3.63, 3.8) is 0 Å². The van der Waals surface area contributed by atoms with Crippen LogP contribution in [0.3, 0.4) is 0 Å². The maximum atomic E-state index is 12.2. The first-order chi connectivity index (χ1) is 10.1. The van der Waals surface area contributed by atoms with Crippen LogP contribution < -0.4 is 5.32 Å². The number of rotatable bonds is 5. The predicted molar refractivity (Wildman–Crippen MR) is 87.7 cm³/mol. The van der Waals surface area contributed by atoms with Crippen LogP contribution in [0, 0.1) is 0 Å². The van der Waals surface area contributed by atoms with Crippen molar-refractivity contribution in [2.45, 2.75) is 43.2 Å². The molecule has 0 radical (unpaired) electrons. The largest absolute Gasteiger partial charge is 0.392 e. The summed E-state index contributed by atoms with van der Waals surface area (Å²) in [6, 6.07) is 7.95. The van der Waals surface area contributed by atoms with E-state index < -0.39 is 6.10 Å². The molecule has 2 N–H and O–H groups in total. The van der Waals surface area contributed by atoms with Gasteiger partial charge in [-0.3, -0.25) is 9.69 Å². The summed E-state index contributed by atoms with van der Waals surface area (Å²) in [4.78, 5) is 15.4. The topological polar surface area (TPSA) is 52.6 Å². The van der Waals surface area contributed by atoms with Gasteiger partial charge in [-0.25, -0.2) is 0 Å². The van der Waals surface area contributed by atoms with E-state index in [4.69, 9.17) is 0 Å². The smallest absolute Gasteiger partial charge is 0.238 e. The zero-order chi connectivity index (χ0) is 15.2. The molecule has 1 amide bonds. The zero-order valence-electron chi connectivity index (χ0n) is 12.7. The SMILES string of the molecule is CSc1cccc(NC(=O)CN2CCCCC2C(C)O)c1. The normalized spacial score (nSPS) is 21.0. The van der Waals surface area contributed by atoms with Crippen LogP contribution in [0.2, 0.25) is 0 Å². The van der Waals surface area contributed by atoms with Crippen LogP contribution in [-0.4, -0.2) is 47.4 Å². The Labute approximate surface area is 130 Å². The average Bonchev–Trinajstić information content (AvgIpc) is 2.47. The second-order valence-electron chi connectivity index (χ2n) is 5.55. The predicted octanol–water partition coefficient (Wildman–Crippen LogP) is 2.58. The van der Waals surface area contributed by atoms with Gasteiger partial charge in [0.15, 0.2) is 0 Å². The van der Waals surface area contributed by atoms with Gasteiger partial charge in [0.05, 0.1) is 12.6 Å². The molecule has 0 aromatic heterocycles. The number of benzene rings is 1. The first-order valence-corrected chi connectivity index (χ1v) is 8.68. The molecular formula is C16H24N2O2S. The quantitative estimate of drug-likeness (QED) is 0.821. The second kappa shape index (κ2) is 7.82. The molecule has 2 atom stereocenters. The van der Waals surface area contributed by atoms with Crippen LogP contribution in [0.25, 0.3) is 0 Å². The number of nitrogens with one attached hydrogen (secondary N) is 1. The van der Waals surface area contributed by atoms with Gasteiger partial charge in [0.25, 0.3) is 0 Å². The number of carbonyl (C=O) groups is 1. The maximum Gasteiger partial charge on any atom is 0.238 e. The zero-order valence-corrected chi connectivity index (χ0v) is 13.5. The molecular weight excluding hydrogens is 284 g/mol. The van der Waals surface area contributed by atoms with Gasteiger partial charge in [-0.2, -0.15) is 0 Å². The minimum atomic E-state index is -0.391. The Bertz CT molecular complexity index is 479. The number of amides is 1. The Morgan fingerprint density at radius 2 is 2.33 bits per heavy atom. The summed E-state index contributed by atoms with van der Waals surface area (Å²) in [6.45, 7) is 3.04. The van der Waals surface area contributed by atoms with E-state index in [1.165, 1.54) is 0 Å². The van der Waals surface area contributed by atoms with Crippen molar-refractivity contribution in [2.24, 2.45) is 0 Å². The van der Waals surface area contributed by atoms with E-state index in [0.717, 1.165) is 36.4 Å². The summed E-state index contributed by atoms with van der Waals surface area (Å²) in [6.07, 6.45) is 4.81. The number of anilines is 1. The molecule has 2 rings (SSSR count). The number of hydrogen-bond donors (Lipinski definition) is 2. The van der Waals surface area contributed by atoms with E-state index in [1.807, 2.05) is 37.4 Å². The van der Waals surface area contributed by atoms with Gasteiger partial charge in [0, 0.05) is 16.6 Å². The highest BCUT2D eigenvalue weighted by Gasteiger charge is 2.27. The third-order valence-electron chi connectivity index (χ3n) is 3.92. The van der Waals surface area contributed by atoms with Crippen LogP contribution in [0.15, 0.2) is 29.2 Å². The molecule has 5 heteroatoms. The molecule has 116 valence electrons. The second-order valence-corrected chi connectivity index (χ2v) is 6.43. The number of hydrogen-bond acceptors (Lipinski definition) is 4. The number of likely N-dealkylation sites (tertiary alicyclic amines) is 1. The summed E-state index contributed by atoms with van der Waals surface area (Å²) in [5, 5.41) is 12.8. The van der Waals surface area contributed by atoms with Gasteiger partial charge < -0.3 is 10.4 Å². The molecule has 1 aliphatic rings. The summed E-state index contributed by atoms with van der Waals surface area (Å²) in [5.74, 6) is -0.0131. The Morgan fingerprint density at radius 1 is 1.52 bits per heavy atom. The molecule has 1 heterocycles. The molecule has 0 bridgehead atoms. The molecule has 1 aliphatic heterocycles. The van der Waals surface area contributed by atoms with Gasteiger partial charge in [-0.15, -0.1) is 11.8 Å². The lowest BCUT2D eigenvalue weighted by Gasteiger charge is -2.36. The van der Waals surface area contributed by atoms with Crippen molar-refractivity contribution < 1.29 is 9.90 Å². The Kier molecular flexibility index (Phi) is 6.08. The van der Waals surface area contributed by atoms with Crippen molar-refractivity contribution in [3.05, 3.63) is 24.3 Å². The van der Waals surface area contributed by atoms with Gasteiger partial charge in [-0.05, 0) is 50.8 Å². The Balaban J connectivity index is 1.93. The van der Waals surface area contributed by atoms with Crippen LogP contribution in [0.1, 0.15) is 26.2 Å². The fourth-order valence-corrected chi connectivity index (χ4v) is 3.30. The maximum absolute atomic E-state index is 12.2. The third kappa shape index (κ3) is 4.73. The van der Waals surface area contributed by atoms with Gasteiger partial charge in [0.2, 0.25) is 5.91 Å². The number of nitrogens with zero attached hydrogens (tertiary/aromatic N) is 1. The monoisotopic (exact) mass is 308 g/mol. The van der Waals surface area contributed by atoms with E-state index in [9.17, 15) is 9.90 Å². The van der Waals surface area contributed by atoms with Gasteiger partial charge in [0.1, 0.15) is 0 Å². The lowest BCUT2D eigenvalue weighted by Crippen LogP contribution is -2.48. The van der Waals surface area contributed by atoms with E-state index in [1.54, 1.807) is 11.8 Å². The van der Waals surface area contributed by atoms with E-state index in [2.05, 4.69) is 10.2 Å². The van der Waals surface area contributed by atoms with Crippen molar-refractivity contribution >= 4 is 23.4 Å². The third-order valence-corrected chi connectivity index (χ3v) is 4.65. The molecule has 1 saturated heterocycles. The molecule has 1 aromatic carbocycles. The highest BCUT2D eigenvalue weighted by molar-refractivity contribution is 7.98. The lowest BCUT2D eigenvalue weighted by molar-refractivity contribution is -0.118. The van der Waals surface area contributed by atoms with Crippen molar-refractivity contribution in [2.75, 3.05) is 24.7 Å². The number of thioether (sulfide) groups is 1. The molecule has 1 aromatic rings. The summed E-state index contributed by atoms with van der Waals surface area (Å²) < 4.78 is 0. The number of aliphatic hydroxyl groups is 1. The number of carbonyl (C=O) groups excluding carboxylic acids is 1. The molecule has 0 spiro atoms. The first-order valence-electron chi connectivity index (χ1n) is 7.46. The lowest BCUT2D eigenvalue weighted by atomic mass is 9.98. The minimum Gasteiger partial charge on any atom is -0.392 e. The summed E-state index contributed by atoms with van der Waals surface area (Å²) in [5.41, 5.74) is 0.831. The van der Waals surface area contributed by atoms with Gasteiger partial charge >= 0.3 is 0 Å². The molecule has 0 saturated carbocycles.